The summed E-state index contributed by atoms with van der Waals surface area (Å²) in [6, 6.07) is -1.06. The number of carboxylic acids is 1. The monoisotopic (exact) mass is 145 g/mol. The van der Waals surface area contributed by atoms with Gasteiger partial charge >= 0.3 is 12.0 Å². The van der Waals surface area contributed by atoms with Crippen LogP contribution >= 0.6 is 0 Å². The van der Waals surface area contributed by atoms with E-state index in [9.17, 15) is 9.59 Å². The molecule has 0 spiro atoms. The van der Waals surface area contributed by atoms with E-state index in [4.69, 9.17) is 5.11 Å². The van der Waals surface area contributed by atoms with Crippen LogP contribution in [0.25, 0.3) is 0 Å². The molecular weight excluding hydrogens is 137 g/mol. The molecule has 5 nitrogen and oxygen atoms in total. The van der Waals surface area contributed by atoms with E-state index >= 15 is 0 Å². The normalized spacial score (nSPS) is 24.7. The lowest BCUT2D eigenvalue weighted by Gasteiger charge is -2.02. The molecule has 1 fully saturated rings. The quantitative estimate of drug-likeness (QED) is 0.469. The molecule has 0 aliphatic carbocycles. The summed E-state index contributed by atoms with van der Waals surface area (Å²) in [5.41, 5.74) is 0. The first-order valence-corrected chi connectivity index (χ1v) is 2.85. The molecule has 1 aliphatic rings. The van der Waals surface area contributed by atoms with Gasteiger partial charge in [-0.25, -0.2) is 9.59 Å². The van der Waals surface area contributed by atoms with Crippen molar-refractivity contribution in [3.05, 3.63) is 0 Å². The summed E-state index contributed by atoms with van der Waals surface area (Å²) in [6.07, 6.45) is 0. The van der Waals surface area contributed by atoms with Gasteiger partial charge in [0.05, 0.1) is 6.54 Å². The summed E-state index contributed by atoms with van der Waals surface area (Å²) < 4.78 is 0. The van der Waals surface area contributed by atoms with Crippen molar-refractivity contribution in [1.82, 2.24) is 10.2 Å². The first-order chi connectivity index (χ1) is 4.61. The predicted molar refractivity (Wildman–Crippen MR) is 32.6 cm³/mol. The van der Waals surface area contributed by atoms with Gasteiger partial charge in [0, 0.05) is 7.05 Å². The fraction of sp³-hybridized carbons (Fsp3) is 0.600. The summed E-state index contributed by atoms with van der Waals surface area (Å²) in [5.74, 6) is -0.988. The van der Waals surface area contributed by atoms with Crippen molar-refractivity contribution in [2.45, 2.75) is 6.04 Å². The van der Waals surface area contributed by atoms with E-state index in [-0.39, 0.29) is 12.6 Å². The van der Waals surface area contributed by atoms with Gasteiger partial charge in [-0.15, -0.1) is 0 Å². The Morgan fingerprint density at radius 1 is 1.90 bits per heavy atom. The molecule has 2 amide bonds. The van der Waals surface area contributed by atoms with Gasteiger partial charge < -0.3 is 15.3 Å². The van der Waals surface area contributed by atoms with Gasteiger partial charge in [-0.2, -0.15) is 0 Å². The van der Waals surface area contributed by atoms with E-state index in [0.717, 1.165) is 0 Å². The molecule has 0 bridgehead atoms. The van der Waals surface area contributed by atoms with Gasteiger partial charge in [0.15, 0.2) is 0 Å². The second-order valence-corrected chi connectivity index (χ2v) is 2.22. The number of nitrogens with one attached hydrogen (secondary N) is 1. The largest absolute Gasteiger partial charge is 0.480 e. The Morgan fingerprint density at radius 2 is 2.50 bits per heavy atom. The molecule has 0 aromatic rings. The number of amides is 2. The van der Waals surface area contributed by atoms with Crippen molar-refractivity contribution in [1.29, 1.82) is 0 Å². The molecule has 0 aromatic heterocycles. The standard InChI is InChI=1S/C5H8N2O3/c1-7-2-3(4(8)9)6-5(7)10/h3H,2H2,1H3,(H,6,10)(H,8,9)/t3-/m0/s1/i4+1. The Kier molecular flexibility index (Phi) is 1.48. The number of carboxylic acid groups (broad SMARTS) is 1. The van der Waals surface area contributed by atoms with Crippen molar-refractivity contribution in [3.63, 3.8) is 0 Å². The van der Waals surface area contributed by atoms with Crippen molar-refractivity contribution < 1.29 is 14.7 Å². The zero-order valence-electron chi connectivity index (χ0n) is 5.50. The van der Waals surface area contributed by atoms with Crippen LogP contribution in [-0.2, 0) is 4.79 Å². The second-order valence-electron chi connectivity index (χ2n) is 2.22. The van der Waals surface area contributed by atoms with E-state index in [1.54, 1.807) is 7.05 Å². The number of aliphatic carboxylic acids is 1. The van der Waals surface area contributed by atoms with E-state index in [0.29, 0.717) is 0 Å². The average molecular weight is 145 g/mol. The van der Waals surface area contributed by atoms with Crippen LogP contribution in [0, 0.1) is 0 Å². The molecule has 0 unspecified atom stereocenters. The molecule has 0 aromatic carbocycles. The Hall–Kier alpha value is -1.26. The van der Waals surface area contributed by atoms with Gasteiger partial charge in [-0.05, 0) is 0 Å². The van der Waals surface area contributed by atoms with Gasteiger partial charge in [-0.3, -0.25) is 0 Å². The SMILES string of the molecule is CN1C[C@@H]([13C](=O)O)NC1=O. The first-order valence-electron chi connectivity index (χ1n) is 2.85. The number of likely N-dealkylation sites (N-methyl/N-ethyl adjacent to an activating group) is 1. The van der Waals surface area contributed by atoms with Crippen molar-refractivity contribution >= 4 is 12.0 Å². The van der Waals surface area contributed by atoms with Crippen LogP contribution < -0.4 is 5.32 Å². The van der Waals surface area contributed by atoms with Gasteiger partial charge in [-0.1, -0.05) is 0 Å². The Morgan fingerprint density at radius 3 is 2.70 bits per heavy atom. The molecule has 5 heteroatoms. The molecule has 1 atom stereocenters. The Labute approximate surface area is 57.6 Å². The topological polar surface area (TPSA) is 69.6 Å². The van der Waals surface area contributed by atoms with Crippen LogP contribution in [0.2, 0.25) is 0 Å². The fourth-order valence-electron chi connectivity index (χ4n) is 0.801. The number of carbonyl (C=O) groups is 2. The molecule has 2 N–H and O–H groups in total. The predicted octanol–water partition coefficient (Wildman–Crippen LogP) is -0.905. The highest BCUT2D eigenvalue weighted by Gasteiger charge is 2.30. The maximum Gasteiger partial charge on any atom is 0.328 e. The second kappa shape index (κ2) is 2.17. The zero-order valence-corrected chi connectivity index (χ0v) is 5.50. The molecule has 1 aliphatic heterocycles. The van der Waals surface area contributed by atoms with Crippen LogP contribution in [0.4, 0.5) is 4.79 Å². The number of hydrogen-bond donors (Lipinski definition) is 2. The lowest BCUT2D eigenvalue weighted by molar-refractivity contribution is -0.138. The van der Waals surface area contributed by atoms with E-state index in [2.05, 4.69) is 5.32 Å². The lowest BCUT2D eigenvalue weighted by Crippen LogP contribution is -2.33. The molecule has 1 heterocycles. The molecule has 1 rings (SSSR count). The summed E-state index contributed by atoms with van der Waals surface area (Å²) in [7, 11) is 1.55. The van der Waals surface area contributed by atoms with Gasteiger partial charge in [0.2, 0.25) is 0 Å². The van der Waals surface area contributed by atoms with E-state index in [1.807, 2.05) is 0 Å². The highest BCUT2D eigenvalue weighted by atomic mass is 16.5. The third-order valence-corrected chi connectivity index (χ3v) is 1.40. The minimum absolute atomic E-state index is 0.244. The molecule has 0 saturated carbocycles. The minimum atomic E-state index is -0.988. The maximum atomic E-state index is 10.6. The van der Waals surface area contributed by atoms with Crippen molar-refractivity contribution in [3.8, 4) is 0 Å². The Balaban J connectivity index is 2.57. The van der Waals surface area contributed by atoms with Crippen LogP contribution in [0.3, 0.4) is 0 Å². The minimum Gasteiger partial charge on any atom is -0.480 e. The van der Waals surface area contributed by atoms with Crippen LogP contribution in [0.5, 0.6) is 0 Å². The first kappa shape index (κ1) is 6.85. The molecule has 10 heavy (non-hydrogen) atoms. The van der Waals surface area contributed by atoms with E-state index < -0.39 is 12.0 Å². The maximum absolute atomic E-state index is 10.6. The summed E-state index contributed by atoms with van der Waals surface area (Å²) in [4.78, 5) is 22.2. The summed E-state index contributed by atoms with van der Waals surface area (Å²) in [6.45, 7) is 0.244. The van der Waals surface area contributed by atoms with Crippen LogP contribution in [0.1, 0.15) is 0 Å². The Bertz CT molecular complexity index is 180. The lowest BCUT2D eigenvalue weighted by atomic mass is 10.5. The zero-order chi connectivity index (χ0) is 7.72. The fourth-order valence-corrected chi connectivity index (χ4v) is 0.801. The third-order valence-electron chi connectivity index (χ3n) is 1.40. The number of carbonyl (C=O) groups excluding carboxylic acids is 1. The van der Waals surface area contributed by atoms with E-state index in [1.165, 1.54) is 4.90 Å². The number of nitrogens with zero attached hydrogens (tertiary/aromatic N) is 1. The highest BCUT2D eigenvalue weighted by Crippen LogP contribution is 1.99. The van der Waals surface area contributed by atoms with Crippen molar-refractivity contribution in [2.75, 3.05) is 13.6 Å². The number of urea groups is 1. The number of rotatable bonds is 1. The summed E-state index contributed by atoms with van der Waals surface area (Å²) >= 11 is 0. The summed E-state index contributed by atoms with van der Waals surface area (Å²) in [5, 5.41) is 10.7. The van der Waals surface area contributed by atoms with Gasteiger partial charge in [0.1, 0.15) is 6.04 Å². The van der Waals surface area contributed by atoms with Crippen molar-refractivity contribution in [2.24, 2.45) is 0 Å². The smallest absolute Gasteiger partial charge is 0.328 e. The average Bonchev–Trinajstić information content (AvgIpc) is 2.13. The molecule has 56 valence electrons. The van der Waals surface area contributed by atoms with Gasteiger partial charge in [0.25, 0.3) is 0 Å². The van der Waals surface area contributed by atoms with Crippen LogP contribution in [0.15, 0.2) is 0 Å². The molecule has 0 radical (unpaired) electrons. The molecule has 1 saturated heterocycles. The third kappa shape index (κ3) is 1.02. The number of hydrogen-bond acceptors (Lipinski definition) is 2. The molecular formula is C5H8N2O3. The van der Waals surface area contributed by atoms with Crippen LogP contribution in [-0.4, -0.2) is 41.6 Å². The highest BCUT2D eigenvalue weighted by molar-refractivity contribution is 5.86.